The summed E-state index contributed by atoms with van der Waals surface area (Å²) in [5, 5.41) is 2.93. The maximum atomic E-state index is 14.0. The minimum atomic E-state index is -3.65. The van der Waals surface area contributed by atoms with E-state index in [0.29, 0.717) is 0 Å². The summed E-state index contributed by atoms with van der Waals surface area (Å²) in [5.41, 5.74) is 3.36. The number of nitrogens with zero attached hydrogens (tertiary/aromatic N) is 1. The predicted octanol–water partition coefficient (Wildman–Crippen LogP) is 3.87. The van der Waals surface area contributed by atoms with Crippen molar-refractivity contribution in [1.82, 2.24) is 5.32 Å². The molecular formula is C21H27FN2O3S. The van der Waals surface area contributed by atoms with E-state index in [0.717, 1.165) is 21.7 Å². The summed E-state index contributed by atoms with van der Waals surface area (Å²) in [5.74, 6) is -0.784. The number of carbonyl (C=O) groups excluding carboxylic acids is 1. The van der Waals surface area contributed by atoms with Gasteiger partial charge in [-0.05, 0) is 56.0 Å². The van der Waals surface area contributed by atoms with Gasteiger partial charge in [-0.1, -0.05) is 30.3 Å². The third kappa shape index (κ3) is 5.79. The average Bonchev–Trinajstić information content (AvgIpc) is 2.61. The Morgan fingerprint density at radius 3 is 2.43 bits per heavy atom. The minimum Gasteiger partial charge on any atom is -0.350 e. The van der Waals surface area contributed by atoms with Crippen molar-refractivity contribution in [2.75, 3.05) is 17.1 Å². The molecule has 5 nitrogen and oxygen atoms in total. The van der Waals surface area contributed by atoms with Crippen molar-refractivity contribution in [2.45, 2.75) is 39.7 Å². The Morgan fingerprint density at radius 2 is 1.82 bits per heavy atom. The molecule has 1 atom stereocenters. The monoisotopic (exact) mass is 406 g/mol. The van der Waals surface area contributed by atoms with Gasteiger partial charge >= 0.3 is 0 Å². The number of rotatable bonds is 8. The Morgan fingerprint density at radius 1 is 1.14 bits per heavy atom. The number of carbonyl (C=O) groups is 1. The summed E-state index contributed by atoms with van der Waals surface area (Å²) >= 11 is 0. The van der Waals surface area contributed by atoms with Crippen LogP contribution in [-0.2, 0) is 14.8 Å². The van der Waals surface area contributed by atoms with Crippen molar-refractivity contribution < 1.29 is 17.6 Å². The molecule has 0 radical (unpaired) electrons. The molecule has 0 bridgehead atoms. The third-order valence-electron chi connectivity index (χ3n) is 4.69. The first-order valence-electron chi connectivity index (χ1n) is 9.18. The highest BCUT2D eigenvalue weighted by Crippen LogP contribution is 2.22. The average molecular weight is 407 g/mol. The van der Waals surface area contributed by atoms with Crippen LogP contribution in [0, 0.1) is 19.7 Å². The molecule has 2 aromatic carbocycles. The second kappa shape index (κ2) is 9.19. The summed E-state index contributed by atoms with van der Waals surface area (Å²) in [4.78, 5) is 12.3. The van der Waals surface area contributed by atoms with Gasteiger partial charge in [0.1, 0.15) is 5.82 Å². The van der Waals surface area contributed by atoms with Crippen molar-refractivity contribution in [3.8, 4) is 0 Å². The molecule has 1 amide bonds. The van der Waals surface area contributed by atoms with Gasteiger partial charge in [0.05, 0.1) is 18.0 Å². The third-order valence-corrected chi connectivity index (χ3v) is 5.87. The van der Waals surface area contributed by atoms with Crippen molar-refractivity contribution in [2.24, 2.45) is 0 Å². The van der Waals surface area contributed by atoms with Crippen molar-refractivity contribution in [1.29, 1.82) is 0 Å². The maximum absolute atomic E-state index is 14.0. The summed E-state index contributed by atoms with van der Waals surface area (Å²) in [6.45, 7) is 6.00. The van der Waals surface area contributed by atoms with E-state index in [2.05, 4.69) is 5.32 Å². The zero-order valence-corrected chi connectivity index (χ0v) is 17.5. The van der Waals surface area contributed by atoms with E-state index >= 15 is 0 Å². The summed E-state index contributed by atoms with van der Waals surface area (Å²) < 4.78 is 39.1. The molecule has 28 heavy (non-hydrogen) atoms. The standard InChI is InChI=1S/C21H27FN2O3S/c1-15-11-12-18(14-16(15)2)17(3)23-21(25)10-7-13-24(28(4,26)27)20-9-6-5-8-19(20)22/h5-6,8-9,11-12,14,17H,7,10,13H2,1-4H3,(H,23,25)/t17-/m1/s1. The van der Waals surface area contributed by atoms with Crippen LogP contribution in [0.3, 0.4) is 0 Å². The van der Waals surface area contributed by atoms with Gasteiger partial charge in [0, 0.05) is 13.0 Å². The van der Waals surface area contributed by atoms with Gasteiger partial charge in [-0.3, -0.25) is 9.10 Å². The lowest BCUT2D eigenvalue weighted by atomic mass is 10.0. The number of nitrogens with one attached hydrogen (secondary N) is 1. The molecule has 2 rings (SSSR count). The summed E-state index contributed by atoms with van der Waals surface area (Å²) in [6, 6.07) is 11.6. The zero-order chi connectivity index (χ0) is 20.9. The lowest BCUT2D eigenvalue weighted by Crippen LogP contribution is -2.33. The minimum absolute atomic E-state index is 0.00564. The molecule has 0 unspecified atom stereocenters. The van der Waals surface area contributed by atoms with E-state index in [9.17, 15) is 17.6 Å². The van der Waals surface area contributed by atoms with Gasteiger partial charge in [-0.2, -0.15) is 0 Å². The molecule has 0 aliphatic carbocycles. The molecule has 0 aromatic heterocycles. The highest BCUT2D eigenvalue weighted by Gasteiger charge is 2.20. The fraction of sp³-hybridized carbons (Fsp3) is 0.381. The van der Waals surface area contributed by atoms with E-state index < -0.39 is 15.8 Å². The quantitative estimate of drug-likeness (QED) is 0.724. The van der Waals surface area contributed by atoms with E-state index in [1.54, 1.807) is 6.07 Å². The number of anilines is 1. The first kappa shape index (κ1) is 21.9. The number of hydrogen-bond acceptors (Lipinski definition) is 3. The zero-order valence-electron chi connectivity index (χ0n) is 16.7. The van der Waals surface area contributed by atoms with Crippen LogP contribution in [0.15, 0.2) is 42.5 Å². The van der Waals surface area contributed by atoms with Gasteiger partial charge in [0.25, 0.3) is 0 Å². The smallest absolute Gasteiger partial charge is 0.232 e. The van der Waals surface area contributed by atoms with Gasteiger partial charge < -0.3 is 5.32 Å². The molecule has 0 spiro atoms. The number of amides is 1. The molecule has 0 heterocycles. The molecule has 0 aliphatic rings. The second-order valence-electron chi connectivity index (χ2n) is 7.02. The first-order valence-corrected chi connectivity index (χ1v) is 11.0. The number of aryl methyl sites for hydroxylation is 2. The number of benzene rings is 2. The van der Waals surface area contributed by atoms with E-state index in [1.807, 2.05) is 39.0 Å². The van der Waals surface area contributed by atoms with Gasteiger partial charge in [-0.25, -0.2) is 12.8 Å². The van der Waals surface area contributed by atoms with E-state index in [-0.39, 0.29) is 37.0 Å². The molecule has 7 heteroatoms. The lowest BCUT2D eigenvalue weighted by molar-refractivity contribution is -0.121. The fourth-order valence-electron chi connectivity index (χ4n) is 2.93. The number of sulfonamides is 1. The maximum Gasteiger partial charge on any atom is 0.232 e. The van der Waals surface area contributed by atoms with Gasteiger partial charge in [-0.15, -0.1) is 0 Å². The number of hydrogen-bond donors (Lipinski definition) is 1. The Bertz CT molecular complexity index is 944. The molecule has 152 valence electrons. The normalized spacial score (nSPS) is 12.5. The van der Waals surface area contributed by atoms with Crippen LogP contribution in [0.25, 0.3) is 0 Å². The van der Waals surface area contributed by atoms with Crippen LogP contribution in [0.1, 0.15) is 42.5 Å². The van der Waals surface area contributed by atoms with E-state index in [1.165, 1.54) is 23.8 Å². The topological polar surface area (TPSA) is 66.5 Å². The van der Waals surface area contributed by atoms with Crippen LogP contribution in [-0.4, -0.2) is 27.1 Å². The number of halogens is 1. The number of para-hydroxylation sites is 1. The second-order valence-corrected chi connectivity index (χ2v) is 8.93. The van der Waals surface area contributed by atoms with Crippen molar-refractivity contribution in [3.63, 3.8) is 0 Å². The largest absolute Gasteiger partial charge is 0.350 e. The molecular weight excluding hydrogens is 379 g/mol. The first-order chi connectivity index (χ1) is 13.1. The Labute approximate surface area is 166 Å². The predicted molar refractivity (Wildman–Crippen MR) is 110 cm³/mol. The van der Waals surface area contributed by atoms with Gasteiger partial charge in [0.2, 0.25) is 15.9 Å². The van der Waals surface area contributed by atoms with E-state index in [4.69, 9.17) is 0 Å². The highest BCUT2D eigenvalue weighted by atomic mass is 32.2. The Hall–Kier alpha value is -2.41. The fourth-order valence-corrected chi connectivity index (χ4v) is 3.90. The Balaban J connectivity index is 1.95. The molecule has 1 N–H and O–H groups in total. The summed E-state index contributed by atoms with van der Waals surface area (Å²) in [6.07, 6.45) is 1.46. The van der Waals surface area contributed by atoms with Crippen LogP contribution < -0.4 is 9.62 Å². The molecule has 0 saturated heterocycles. The summed E-state index contributed by atoms with van der Waals surface area (Å²) in [7, 11) is -3.65. The molecule has 0 aliphatic heterocycles. The van der Waals surface area contributed by atoms with Crippen LogP contribution in [0.4, 0.5) is 10.1 Å². The lowest BCUT2D eigenvalue weighted by Gasteiger charge is -2.23. The molecule has 2 aromatic rings. The van der Waals surface area contributed by atoms with Crippen LogP contribution >= 0.6 is 0 Å². The molecule has 0 saturated carbocycles. The Kier molecular flexibility index (Phi) is 7.18. The van der Waals surface area contributed by atoms with Crippen molar-refractivity contribution >= 4 is 21.6 Å². The van der Waals surface area contributed by atoms with Crippen molar-refractivity contribution in [3.05, 3.63) is 65.0 Å². The van der Waals surface area contributed by atoms with Crippen LogP contribution in [0.5, 0.6) is 0 Å². The van der Waals surface area contributed by atoms with Gasteiger partial charge in [0.15, 0.2) is 0 Å². The van der Waals surface area contributed by atoms with Crippen LogP contribution in [0.2, 0.25) is 0 Å². The SMILES string of the molecule is Cc1ccc([C@@H](C)NC(=O)CCCN(c2ccccc2F)S(C)(=O)=O)cc1C. The molecule has 0 fully saturated rings. The highest BCUT2D eigenvalue weighted by molar-refractivity contribution is 7.92.